The molecule has 0 N–H and O–H groups in total. The number of amides is 1. The molecule has 0 radical (unpaired) electrons. The van der Waals surface area contributed by atoms with Crippen LogP contribution in [-0.2, 0) is 0 Å². The molecule has 102 valence electrons. The highest BCUT2D eigenvalue weighted by molar-refractivity contribution is 5.94. The molecule has 5 heteroatoms. The normalized spacial score (nSPS) is 9.00. The third-order valence-electron chi connectivity index (χ3n) is 2.71. The first-order valence-corrected chi connectivity index (χ1v) is 6.08. The van der Waals surface area contributed by atoms with Gasteiger partial charge in [-0.2, -0.15) is 0 Å². The minimum absolute atomic E-state index is 0.336. The Labute approximate surface area is 121 Å². The number of carbonyl (C=O) groups excluding carboxylic acids is 1. The maximum absolute atomic E-state index is 11.3. The van der Waals surface area contributed by atoms with Crippen LogP contribution in [0.1, 0.15) is 21.5 Å². The molecule has 0 aliphatic carbocycles. The van der Waals surface area contributed by atoms with E-state index in [1.54, 1.807) is 31.4 Å². The summed E-state index contributed by atoms with van der Waals surface area (Å²) in [4.78, 5) is 13.8. The van der Waals surface area contributed by atoms with Crippen molar-refractivity contribution < 1.29 is 9.53 Å². The number of methoxy groups -OCH3 is 1. The first-order valence-electron chi connectivity index (χ1n) is 6.08. The lowest BCUT2D eigenvalue weighted by atomic mass is 10.1. The van der Waals surface area contributed by atoms with E-state index in [0.29, 0.717) is 5.56 Å². The summed E-state index contributed by atoms with van der Waals surface area (Å²) in [6, 6.07) is 14.0. The van der Waals surface area contributed by atoms with Crippen molar-refractivity contribution in [3.8, 4) is 17.6 Å². The summed E-state index contributed by atoms with van der Waals surface area (Å²) in [6.45, 7) is 0. The van der Waals surface area contributed by atoms with Crippen molar-refractivity contribution in [3.63, 3.8) is 0 Å². The number of azide groups is 1. The van der Waals surface area contributed by atoms with Gasteiger partial charge in [0.05, 0.1) is 7.11 Å². The molecule has 5 nitrogen and oxygen atoms in total. The van der Waals surface area contributed by atoms with Crippen LogP contribution < -0.4 is 4.74 Å². The zero-order valence-electron chi connectivity index (χ0n) is 11.3. The van der Waals surface area contributed by atoms with Crippen molar-refractivity contribution in [1.29, 1.82) is 0 Å². The van der Waals surface area contributed by atoms with Crippen molar-refractivity contribution >= 4 is 5.91 Å². The average molecular weight is 277 g/mol. The standard InChI is InChI=1S/C16H11N3O2/c1-21-15-10-6-13(7-11-15)3-2-12-4-8-14(9-5-12)16(20)18-19-17/h4-11H,1H3. The van der Waals surface area contributed by atoms with Gasteiger partial charge in [-0.1, -0.05) is 11.8 Å². The van der Waals surface area contributed by atoms with Crippen LogP contribution in [0.4, 0.5) is 0 Å². The van der Waals surface area contributed by atoms with E-state index in [4.69, 9.17) is 10.3 Å². The quantitative estimate of drug-likeness (QED) is 0.364. The summed E-state index contributed by atoms with van der Waals surface area (Å²) in [6.07, 6.45) is 0. The van der Waals surface area contributed by atoms with E-state index in [-0.39, 0.29) is 0 Å². The van der Waals surface area contributed by atoms with Crippen LogP contribution in [0, 0.1) is 11.8 Å². The number of hydrogen-bond donors (Lipinski definition) is 0. The molecule has 2 rings (SSSR count). The average Bonchev–Trinajstić information content (AvgIpc) is 2.54. The molecule has 0 saturated heterocycles. The molecule has 0 fully saturated rings. The summed E-state index contributed by atoms with van der Waals surface area (Å²) in [7, 11) is 1.61. The van der Waals surface area contributed by atoms with Gasteiger partial charge in [-0.25, -0.2) is 0 Å². The summed E-state index contributed by atoms with van der Waals surface area (Å²) >= 11 is 0. The summed E-state index contributed by atoms with van der Waals surface area (Å²) in [5.41, 5.74) is 10.2. The molecule has 0 aliphatic heterocycles. The highest BCUT2D eigenvalue weighted by Crippen LogP contribution is 2.10. The first-order chi connectivity index (χ1) is 10.2. The maximum Gasteiger partial charge on any atom is 0.249 e. The zero-order valence-corrected chi connectivity index (χ0v) is 11.3. The Balaban J connectivity index is 2.15. The molecule has 0 spiro atoms. The number of rotatable bonds is 2. The van der Waals surface area contributed by atoms with Crippen molar-refractivity contribution in [1.82, 2.24) is 0 Å². The Morgan fingerprint density at radius 1 is 1.05 bits per heavy atom. The van der Waals surface area contributed by atoms with Gasteiger partial charge in [0, 0.05) is 21.6 Å². The smallest absolute Gasteiger partial charge is 0.249 e. The predicted molar refractivity (Wildman–Crippen MR) is 78.9 cm³/mol. The second-order valence-electron chi connectivity index (χ2n) is 4.05. The van der Waals surface area contributed by atoms with E-state index in [1.807, 2.05) is 24.3 Å². The van der Waals surface area contributed by atoms with Crippen LogP contribution in [0.25, 0.3) is 10.4 Å². The van der Waals surface area contributed by atoms with E-state index < -0.39 is 5.91 Å². The number of benzene rings is 2. The SMILES string of the molecule is COc1ccc(C#Cc2ccc(C(=O)N=[N+]=[N-])cc2)cc1. The van der Waals surface area contributed by atoms with E-state index in [9.17, 15) is 4.79 Å². The monoisotopic (exact) mass is 277 g/mol. The zero-order chi connectivity index (χ0) is 15.1. The molecule has 0 heterocycles. The van der Waals surface area contributed by atoms with Gasteiger partial charge in [-0.15, -0.1) is 0 Å². The van der Waals surface area contributed by atoms with Gasteiger partial charge in [0.25, 0.3) is 0 Å². The summed E-state index contributed by atoms with van der Waals surface area (Å²) < 4.78 is 5.07. The Kier molecular flexibility index (Phi) is 4.60. The van der Waals surface area contributed by atoms with Gasteiger partial charge in [0.15, 0.2) is 0 Å². The molecule has 0 aliphatic rings. The Morgan fingerprint density at radius 3 is 2.05 bits per heavy atom. The number of nitrogens with zero attached hydrogens (tertiary/aromatic N) is 3. The summed E-state index contributed by atoms with van der Waals surface area (Å²) in [5, 5.41) is 3.03. The second kappa shape index (κ2) is 6.80. The lowest BCUT2D eigenvalue weighted by molar-refractivity contribution is 0.100. The third-order valence-corrected chi connectivity index (χ3v) is 2.71. The van der Waals surface area contributed by atoms with Gasteiger partial charge in [-0.05, 0) is 59.2 Å². The number of carbonyl (C=O) groups is 1. The number of hydrogen-bond acceptors (Lipinski definition) is 2. The predicted octanol–water partition coefficient (Wildman–Crippen LogP) is 3.55. The van der Waals surface area contributed by atoms with Crippen molar-refractivity contribution in [2.75, 3.05) is 7.11 Å². The molecular weight excluding hydrogens is 266 g/mol. The lowest BCUT2D eigenvalue weighted by Crippen LogP contribution is -1.92. The molecule has 0 aromatic heterocycles. The third kappa shape index (κ3) is 3.87. The highest BCUT2D eigenvalue weighted by Gasteiger charge is 2.01. The Bertz CT molecular complexity index is 747. The highest BCUT2D eigenvalue weighted by atomic mass is 16.5. The first kappa shape index (κ1) is 14.2. The van der Waals surface area contributed by atoms with Gasteiger partial charge in [0.1, 0.15) is 5.75 Å². The van der Waals surface area contributed by atoms with Crippen LogP contribution in [0.3, 0.4) is 0 Å². The fourth-order valence-corrected chi connectivity index (χ4v) is 1.61. The van der Waals surface area contributed by atoms with E-state index in [2.05, 4.69) is 21.9 Å². The molecule has 1 amide bonds. The van der Waals surface area contributed by atoms with Crippen LogP contribution >= 0.6 is 0 Å². The molecule has 2 aromatic rings. The largest absolute Gasteiger partial charge is 0.497 e. The molecule has 21 heavy (non-hydrogen) atoms. The molecule has 0 bridgehead atoms. The van der Waals surface area contributed by atoms with Crippen molar-refractivity contribution in [3.05, 3.63) is 75.7 Å². The number of ether oxygens (including phenoxy) is 1. The summed E-state index contributed by atoms with van der Waals surface area (Å²) in [5.74, 6) is 6.18. The second-order valence-corrected chi connectivity index (χ2v) is 4.05. The molecule has 0 atom stereocenters. The molecule has 0 unspecified atom stereocenters. The van der Waals surface area contributed by atoms with Gasteiger partial charge in [0.2, 0.25) is 5.91 Å². The Morgan fingerprint density at radius 2 is 1.57 bits per heavy atom. The van der Waals surface area contributed by atoms with Crippen molar-refractivity contribution in [2.45, 2.75) is 0 Å². The molecule has 2 aromatic carbocycles. The van der Waals surface area contributed by atoms with Gasteiger partial charge >= 0.3 is 0 Å². The lowest BCUT2D eigenvalue weighted by Gasteiger charge is -1.97. The Hall–Kier alpha value is -3.22. The van der Waals surface area contributed by atoms with Crippen molar-refractivity contribution in [2.24, 2.45) is 5.11 Å². The van der Waals surface area contributed by atoms with E-state index >= 15 is 0 Å². The van der Waals surface area contributed by atoms with Gasteiger partial charge in [-0.3, -0.25) is 4.79 Å². The van der Waals surface area contributed by atoms with Gasteiger partial charge < -0.3 is 4.74 Å². The topological polar surface area (TPSA) is 75.1 Å². The minimum atomic E-state index is -0.604. The maximum atomic E-state index is 11.3. The van der Waals surface area contributed by atoms with Crippen LogP contribution in [0.15, 0.2) is 53.6 Å². The fraction of sp³-hybridized carbons (Fsp3) is 0.0625. The fourth-order valence-electron chi connectivity index (χ4n) is 1.61. The van der Waals surface area contributed by atoms with E-state index in [0.717, 1.165) is 16.9 Å². The van der Waals surface area contributed by atoms with Crippen LogP contribution in [0.5, 0.6) is 5.75 Å². The minimum Gasteiger partial charge on any atom is -0.497 e. The molecular formula is C16H11N3O2. The van der Waals surface area contributed by atoms with Crippen LogP contribution in [0.2, 0.25) is 0 Å². The molecule has 0 saturated carbocycles. The van der Waals surface area contributed by atoms with E-state index in [1.165, 1.54) is 0 Å². The van der Waals surface area contributed by atoms with Crippen LogP contribution in [-0.4, -0.2) is 13.0 Å².